The lowest BCUT2D eigenvalue weighted by atomic mass is 9.89. The van der Waals surface area contributed by atoms with Crippen LogP contribution in [0.25, 0.3) is 0 Å². The molecule has 2 aromatic carbocycles. The second kappa shape index (κ2) is 6.67. The van der Waals surface area contributed by atoms with Gasteiger partial charge >= 0.3 is 0 Å². The summed E-state index contributed by atoms with van der Waals surface area (Å²) in [6.07, 6.45) is 2.44. The van der Waals surface area contributed by atoms with Gasteiger partial charge in [-0.3, -0.25) is 9.48 Å². The van der Waals surface area contributed by atoms with Crippen LogP contribution < -0.4 is 4.74 Å². The summed E-state index contributed by atoms with van der Waals surface area (Å²) in [4.78, 5) is 15.2. The molecule has 1 atom stereocenters. The lowest BCUT2D eigenvalue weighted by molar-refractivity contribution is 0.0626. The predicted molar refractivity (Wildman–Crippen MR) is 99.0 cm³/mol. The van der Waals surface area contributed by atoms with Gasteiger partial charge in [-0.25, -0.2) is 0 Å². The molecule has 0 spiro atoms. The molecule has 0 N–H and O–H groups in total. The summed E-state index contributed by atoms with van der Waals surface area (Å²) >= 11 is 0. The van der Waals surface area contributed by atoms with Crippen molar-refractivity contribution in [2.24, 2.45) is 7.05 Å². The lowest BCUT2D eigenvalue weighted by Crippen LogP contribution is -2.39. The Hall–Kier alpha value is -3.08. The zero-order valence-corrected chi connectivity index (χ0v) is 14.9. The topological polar surface area (TPSA) is 47.4 Å². The van der Waals surface area contributed by atoms with E-state index >= 15 is 0 Å². The van der Waals surface area contributed by atoms with Crippen molar-refractivity contribution in [3.8, 4) is 5.75 Å². The zero-order valence-electron chi connectivity index (χ0n) is 14.9. The van der Waals surface area contributed by atoms with Gasteiger partial charge in [-0.05, 0) is 41.3 Å². The fraction of sp³-hybridized carbons (Fsp3) is 0.238. The fourth-order valence-corrected chi connectivity index (χ4v) is 3.60. The summed E-state index contributed by atoms with van der Waals surface area (Å²) in [5.74, 6) is 0.808. The predicted octanol–water partition coefficient (Wildman–Crippen LogP) is 3.37. The first kappa shape index (κ1) is 16.4. The van der Waals surface area contributed by atoms with Crippen LogP contribution in [0.2, 0.25) is 0 Å². The lowest BCUT2D eigenvalue weighted by Gasteiger charge is -2.37. The quantitative estimate of drug-likeness (QED) is 0.730. The maximum absolute atomic E-state index is 13.3. The van der Waals surface area contributed by atoms with Gasteiger partial charge < -0.3 is 9.64 Å². The van der Waals surface area contributed by atoms with E-state index in [2.05, 4.69) is 23.3 Å². The Morgan fingerprint density at radius 1 is 1.12 bits per heavy atom. The van der Waals surface area contributed by atoms with Gasteiger partial charge in [0.25, 0.3) is 5.91 Å². The van der Waals surface area contributed by atoms with E-state index in [0.717, 1.165) is 23.3 Å². The molecule has 26 heavy (non-hydrogen) atoms. The number of aromatic nitrogens is 2. The molecule has 132 valence electrons. The molecule has 1 aliphatic rings. The minimum Gasteiger partial charge on any atom is -0.497 e. The summed E-state index contributed by atoms with van der Waals surface area (Å²) in [6.45, 7) is 0.552. The number of methoxy groups -OCH3 is 1. The molecule has 5 nitrogen and oxygen atoms in total. The molecule has 0 bridgehead atoms. The minimum atomic E-state index is -0.00711. The number of rotatable bonds is 3. The van der Waals surface area contributed by atoms with E-state index in [4.69, 9.17) is 4.74 Å². The van der Waals surface area contributed by atoms with E-state index in [1.807, 2.05) is 35.2 Å². The fourth-order valence-electron chi connectivity index (χ4n) is 3.60. The Morgan fingerprint density at radius 3 is 2.62 bits per heavy atom. The van der Waals surface area contributed by atoms with Gasteiger partial charge in [0.05, 0.1) is 13.2 Å². The Morgan fingerprint density at radius 2 is 1.92 bits per heavy atom. The monoisotopic (exact) mass is 347 g/mol. The smallest absolute Gasteiger partial charge is 0.272 e. The van der Waals surface area contributed by atoms with Gasteiger partial charge in [0.2, 0.25) is 0 Å². The maximum Gasteiger partial charge on any atom is 0.272 e. The number of amides is 1. The molecule has 1 aromatic heterocycles. The van der Waals surface area contributed by atoms with Crippen LogP contribution in [-0.2, 0) is 20.0 Å². The van der Waals surface area contributed by atoms with Crippen molar-refractivity contribution in [1.29, 1.82) is 0 Å². The molecular formula is C21H21N3O2. The molecule has 1 amide bonds. The number of nitrogens with zero attached hydrogens (tertiary/aromatic N) is 3. The van der Waals surface area contributed by atoms with Gasteiger partial charge in [-0.2, -0.15) is 5.10 Å². The summed E-state index contributed by atoms with van der Waals surface area (Å²) in [7, 11) is 3.46. The first-order valence-electron chi connectivity index (χ1n) is 8.67. The number of hydrogen-bond acceptors (Lipinski definition) is 3. The van der Waals surface area contributed by atoms with Crippen molar-refractivity contribution in [2.45, 2.75) is 19.0 Å². The van der Waals surface area contributed by atoms with Crippen molar-refractivity contribution in [3.05, 3.63) is 83.2 Å². The number of fused-ring (bicyclic) bond motifs is 1. The molecular weight excluding hydrogens is 326 g/mol. The van der Waals surface area contributed by atoms with E-state index in [-0.39, 0.29) is 11.9 Å². The highest BCUT2D eigenvalue weighted by atomic mass is 16.5. The Bertz CT molecular complexity index is 933. The average molecular weight is 347 g/mol. The van der Waals surface area contributed by atoms with Gasteiger partial charge in [0, 0.05) is 19.8 Å². The Labute approximate surface area is 152 Å². The summed E-state index contributed by atoms with van der Waals surface area (Å²) in [6, 6.07) is 18.1. The van der Waals surface area contributed by atoms with Crippen LogP contribution in [0.5, 0.6) is 5.75 Å². The largest absolute Gasteiger partial charge is 0.497 e. The maximum atomic E-state index is 13.3. The van der Waals surface area contributed by atoms with Crippen LogP contribution in [0, 0.1) is 0 Å². The number of hydrogen-bond donors (Lipinski definition) is 0. The highest BCUT2D eigenvalue weighted by Gasteiger charge is 2.32. The molecule has 5 heteroatoms. The van der Waals surface area contributed by atoms with Crippen molar-refractivity contribution in [2.75, 3.05) is 7.11 Å². The standard InChI is InChI=1S/C21H21N3O2/c1-23-19(10-11-22-23)21(25)24-14-17-12-18(26-2)9-8-16(17)13-20(24)15-6-4-3-5-7-15/h3-12,20H,13-14H2,1-2H3/t20-/m0/s1. The number of aryl methyl sites for hydroxylation is 1. The number of benzene rings is 2. The van der Waals surface area contributed by atoms with Crippen LogP contribution >= 0.6 is 0 Å². The summed E-state index contributed by atoms with van der Waals surface area (Å²) < 4.78 is 6.99. The second-order valence-corrected chi connectivity index (χ2v) is 6.54. The molecule has 0 saturated heterocycles. The normalized spacial score (nSPS) is 16.2. The van der Waals surface area contributed by atoms with E-state index in [9.17, 15) is 4.79 Å². The molecule has 1 aliphatic heterocycles. The van der Waals surface area contributed by atoms with Crippen molar-refractivity contribution >= 4 is 5.91 Å². The number of carbonyl (C=O) groups excluding carboxylic acids is 1. The molecule has 0 fully saturated rings. The average Bonchev–Trinajstić information content (AvgIpc) is 3.12. The zero-order chi connectivity index (χ0) is 18.1. The van der Waals surface area contributed by atoms with E-state index in [0.29, 0.717) is 12.2 Å². The molecule has 0 aliphatic carbocycles. The van der Waals surface area contributed by atoms with E-state index < -0.39 is 0 Å². The molecule has 0 radical (unpaired) electrons. The third kappa shape index (κ3) is 2.86. The summed E-state index contributed by atoms with van der Waals surface area (Å²) in [5.41, 5.74) is 4.13. The third-order valence-electron chi connectivity index (χ3n) is 5.03. The van der Waals surface area contributed by atoms with Gasteiger partial charge in [0.1, 0.15) is 11.4 Å². The highest BCUT2D eigenvalue weighted by molar-refractivity contribution is 5.93. The third-order valence-corrected chi connectivity index (χ3v) is 5.03. The van der Waals surface area contributed by atoms with Crippen LogP contribution in [0.3, 0.4) is 0 Å². The van der Waals surface area contributed by atoms with Crippen molar-refractivity contribution < 1.29 is 9.53 Å². The number of ether oxygens (including phenoxy) is 1. The molecule has 0 unspecified atom stereocenters. The molecule has 3 aromatic rings. The first-order chi connectivity index (χ1) is 12.7. The van der Waals surface area contributed by atoms with Gasteiger partial charge in [0.15, 0.2) is 0 Å². The van der Waals surface area contributed by atoms with Crippen LogP contribution in [0.4, 0.5) is 0 Å². The van der Waals surface area contributed by atoms with E-state index in [1.54, 1.807) is 31.1 Å². The van der Waals surface area contributed by atoms with Gasteiger partial charge in [-0.15, -0.1) is 0 Å². The van der Waals surface area contributed by atoms with Crippen molar-refractivity contribution in [3.63, 3.8) is 0 Å². The summed E-state index contributed by atoms with van der Waals surface area (Å²) in [5, 5.41) is 4.15. The molecule has 2 heterocycles. The first-order valence-corrected chi connectivity index (χ1v) is 8.67. The van der Waals surface area contributed by atoms with Crippen LogP contribution in [0.1, 0.15) is 33.2 Å². The number of carbonyl (C=O) groups is 1. The van der Waals surface area contributed by atoms with Crippen molar-refractivity contribution in [1.82, 2.24) is 14.7 Å². The minimum absolute atomic E-state index is 0.000468. The highest BCUT2D eigenvalue weighted by Crippen LogP contribution is 2.35. The van der Waals surface area contributed by atoms with Gasteiger partial charge in [-0.1, -0.05) is 36.4 Å². The van der Waals surface area contributed by atoms with Crippen LogP contribution in [0.15, 0.2) is 60.8 Å². The second-order valence-electron chi connectivity index (χ2n) is 6.54. The SMILES string of the molecule is COc1ccc2c(c1)CN(C(=O)c1ccnn1C)[C@H](c1ccccc1)C2. The molecule has 0 saturated carbocycles. The van der Waals surface area contributed by atoms with Crippen LogP contribution in [-0.4, -0.2) is 27.7 Å². The Kier molecular flexibility index (Phi) is 4.21. The Balaban J connectivity index is 1.77. The van der Waals surface area contributed by atoms with E-state index in [1.165, 1.54) is 5.56 Å². The molecule has 4 rings (SSSR count).